The quantitative estimate of drug-likeness (QED) is 0.671. The largest absolute Gasteiger partial charge is 0.465 e. The molecule has 1 N–H and O–H groups in total. The third-order valence-electron chi connectivity index (χ3n) is 8.95. The summed E-state index contributed by atoms with van der Waals surface area (Å²) in [6.45, 7) is 5.39. The van der Waals surface area contributed by atoms with Gasteiger partial charge in [-0.2, -0.15) is 0 Å². The topological polar surface area (TPSA) is 43.8 Å². The second kappa shape index (κ2) is 7.62. The summed E-state index contributed by atoms with van der Waals surface area (Å²) in [6.07, 6.45) is 7.14. The summed E-state index contributed by atoms with van der Waals surface area (Å²) in [5, 5.41) is 10.5. The van der Waals surface area contributed by atoms with Crippen molar-refractivity contribution < 1.29 is 9.90 Å². The van der Waals surface area contributed by atoms with Crippen LogP contribution in [0.1, 0.15) is 61.8 Å². The van der Waals surface area contributed by atoms with Gasteiger partial charge in [0.15, 0.2) is 0 Å². The van der Waals surface area contributed by atoms with Crippen LogP contribution in [0.5, 0.6) is 0 Å². The molecule has 3 heterocycles. The molecule has 1 amide bonds. The fourth-order valence-corrected chi connectivity index (χ4v) is 6.91. The Kier molecular flexibility index (Phi) is 4.83. The predicted molar refractivity (Wildman–Crippen MR) is 127 cm³/mol. The van der Waals surface area contributed by atoms with Gasteiger partial charge >= 0.3 is 6.09 Å². The summed E-state index contributed by atoms with van der Waals surface area (Å²) in [5.74, 6) is 0.522. The summed E-state index contributed by atoms with van der Waals surface area (Å²) in [7, 11) is 0. The minimum Gasteiger partial charge on any atom is -0.465 e. The molecule has 4 heteroatoms. The molecular formula is C28H34N2O2. The van der Waals surface area contributed by atoms with Crippen LogP contribution >= 0.6 is 0 Å². The maximum Gasteiger partial charge on any atom is 0.408 e. The highest BCUT2D eigenvalue weighted by Gasteiger charge is 2.57. The molecule has 3 aliphatic heterocycles. The highest BCUT2D eigenvalue weighted by molar-refractivity contribution is 5.69. The first kappa shape index (κ1) is 20.3. The van der Waals surface area contributed by atoms with Crippen molar-refractivity contribution in [3.63, 3.8) is 0 Å². The molecule has 0 aromatic heterocycles. The van der Waals surface area contributed by atoms with Crippen LogP contribution in [0.3, 0.4) is 0 Å². The molecule has 1 saturated carbocycles. The molecular weight excluding hydrogens is 396 g/mol. The van der Waals surface area contributed by atoms with Gasteiger partial charge in [0.2, 0.25) is 0 Å². The Bertz CT molecular complexity index is 1040. The van der Waals surface area contributed by atoms with E-state index in [0.717, 1.165) is 51.7 Å². The molecule has 4 nitrogen and oxygen atoms in total. The van der Waals surface area contributed by atoms with E-state index in [9.17, 15) is 9.90 Å². The van der Waals surface area contributed by atoms with E-state index in [2.05, 4.69) is 54.3 Å². The molecule has 2 aliphatic carbocycles. The summed E-state index contributed by atoms with van der Waals surface area (Å²) >= 11 is 0. The zero-order valence-electron chi connectivity index (χ0n) is 19.1. The predicted octanol–water partition coefficient (Wildman–Crippen LogP) is 5.76. The number of fused-ring (bicyclic) bond motifs is 4. The molecule has 32 heavy (non-hydrogen) atoms. The highest BCUT2D eigenvalue weighted by atomic mass is 16.4. The van der Waals surface area contributed by atoms with Crippen LogP contribution in [0.25, 0.3) is 11.1 Å². The van der Waals surface area contributed by atoms with Gasteiger partial charge in [-0.05, 0) is 97.2 Å². The first-order valence-corrected chi connectivity index (χ1v) is 12.5. The number of nitrogens with zero attached hydrogens (tertiary/aromatic N) is 2. The lowest BCUT2D eigenvalue weighted by Gasteiger charge is -2.52. The van der Waals surface area contributed by atoms with E-state index in [4.69, 9.17) is 0 Å². The van der Waals surface area contributed by atoms with Crippen molar-refractivity contribution >= 4 is 6.09 Å². The third-order valence-corrected chi connectivity index (χ3v) is 8.95. The van der Waals surface area contributed by atoms with Gasteiger partial charge in [0.25, 0.3) is 0 Å². The Morgan fingerprint density at radius 3 is 2.53 bits per heavy atom. The van der Waals surface area contributed by atoms with E-state index in [0.29, 0.717) is 5.92 Å². The van der Waals surface area contributed by atoms with Crippen molar-refractivity contribution in [2.45, 2.75) is 64.0 Å². The van der Waals surface area contributed by atoms with Gasteiger partial charge in [-0.1, -0.05) is 49.4 Å². The Labute approximate surface area is 191 Å². The first-order valence-electron chi connectivity index (χ1n) is 12.5. The van der Waals surface area contributed by atoms with E-state index in [1.807, 2.05) is 4.90 Å². The number of hydrogen-bond donors (Lipinski definition) is 1. The molecule has 3 saturated heterocycles. The number of hydrogen-bond acceptors (Lipinski definition) is 2. The van der Waals surface area contributed by atoms with Crippen LogP contribution in [-0.4, -0.2) is 46.7 Å². The van der Waals surface area contributed by atoms with Gasteiger partial charge in [0, 0.05) is 6.54 Å². The van der Waals surface area contributed by atoms with Crippen molar-refractivity contribution in [1.29, 1.82) is 0 Å². The average Bonchev–Trinajstić information content (AvgIpc) is 3.61. The summed E-state index contributed by atoms with van der Waals surface area (Å²) < 4.78 is 0. The zero-order chi connectivity index (χ0) is 21.9. The molecule has 5 aliphatic rings. The van der Waals surface area contributed by atoms with Crippen LogP contribution in [0.4, 0.5) is 4.79 Å². The Morgan fingerprint density at radius 2 is 1.88 bits per heavy atom. The van der Waals surface area contributed by atoms with E-state index >= 15 is 0 Å². The Hall–Kier alpha value is -2.33. The summed E-state index contributed by atoms with van der Waals surface area (Å²) in [6, 6.07) is 15.8. The lowest BCUT2D eigenvalue weighted by molar-refractivity contribution is -0.0243. The van der Waals surface area contributed by atoms with Crippen molar-refractivity contribution in [2.75, 3.05) is 19.6 Å². The molecule has 2 aromatic rings. The van der Waals surface area contributed by atoms with E-state index in [-0.39, 0.29) is 17.5 Å². The first-order chi connectivity index (χ1) is 15.6. The number of aryl methyl sites for hydroxylation is 2. The standard InChI is InChI=1S/C28H34N2O2/c1-2-19-4-3-5-21(16-19)22-6-7-24-23(17-22)8-11-28(12-13-28)26(24)30(27(31)32)25-18-29-14-9-20(25)10-15-29/h3-7,16-17,20,25-26H,2,8-15,18H2,1H3,(H,31,32)/t25-,26?/m1/s1. The molecule has 2 bridgehead atoms. The fraction of sp³-hybridized carbons (Fsp3) is 0.536. The monoisotopic (exact) mass is 430 g/mol. The molecule has 0 radical (unpaired) electrons. The van der Waals surface area contributed by atoms with Gasteiger partial charge in [0.05, 0.1) is 12.1 Å². The lowest BCUT2D eigenvalue weighted by Crippen LogP contribution is -2.60. The highest BCUT2D eigenvalue weighted by Crippen LogP contribution is 2.63. The van der Waals surface area contributed by atoms with Crippen LogP contribution in [0, 0.1) is 11.3 Å². The molecule has 168 valence electrons. The average molecular weight is 431 g/mol. The lowest BCUT2D eigenvalue weighted by atomic mass is 9.73. The normalized spacial score (nSPS) is 29.5. The van der Waals surface area contributed by atoms with Crippen molar-refractivity contribution in [2.24, 2.45) is 11.3 Å². The van der Waals surface area contributed by atoms with Gasteiger partial charge in [-0.15, -0.1) is 0 Å². The minimum absolute atomic E-state index is 0.0188. The van der Waals surface area contributed by atoms with E-state index < -0.39 is 6.09 Å². The van der Waals surface area contributed by atoms with E-state index in [1.165, 1.54) is 40.7 Å². The van der Waals surface area contributed by atoms with E-state index in [1.54, 1.807) is 0 Å². The van der Waals surface area contributed by atoms with Crippen molar-refractivity contribution in [1.82, 2.24) is 9.80 Å². The number of rotatable bonds is 4. The van der Waals surface area contributed by atoms with Gasteiger partial charge in [-0.3, -0.25) is 4.90 Å². The smallest absolute Gasteiger partial charge is 0.408 e. The molecule has 1 spiro atoms. The van der Waals surface area contributed by atoms with Crippen molar-refractivity contribution in [3.05, 3.63) is 59.2 Å². The molecule has 2 atom stereocenters. The zero-order valence-corrected chi connectivity index (χ0v) is 19.1. The maximum atomic E-state index is 12.8. The SMILES string of the molecule is CCc1cccc(-c2ccc3c(c2)CCC2(CC2)C3N(C(=O)O)[C@@H]2CN3CCC2CC3)c1. The van der Waals surface area contributed by atoms with Crippen LogP contribution in [-0.2, 0) is 12.8 Å². The number of piperidine rings is 3. The molecule has 4 fully saturated rings. The maximum absolute atomic E-state index is 12.8. The number of carbonyl (C=O) groups is 1. The van der Waals surface area contributed by atoms with Crippen molar-refractivity contribution in [3.8, 4) is 11.1 Å². The Morgan fingerprint density at radius 1 is 1.09 bits per heavy atom. The molecule has 1 unspecified atom stereocenters. The second-order valence-corrected chi connectivity index (χ2v) is 10.6. The van der Waals surface area contributed by atoms with Crippen LogP contribution in [0.15, 0.2) is 42.5 Å². The summed E-state index contributed by atoms with van der Waals surface area (Å²) in [5.41, 5.74) is 6.69. The van der Waals surface area contributed by atoms with Gasteiger partial charge < -0.3 is 10.0 Å². The second-order valence-electron chi connectivity index (χ2n) is 10.6. The van der Waals surface area contributed by atoms with Gasteiger partial charge in [-0.25, -0.2) is 4.79 Å². The number of benzene rings is 2. The number of carboxylic acid groups (broad SMARTS) is 1. The minimum atomic E-state index is -0.715. The van der Waals surface area contributed by atoms with Gasteiger partial charge in [0.1, 0.15) is 0 Å². The Balaban J connectivity index is 1.39. The summed E-state index contributed by atoms with van der Waals surface area (Å²) in [4.78, 5) is 17.2. The molecule has 2 aromatic carbocycles. The fourth-order valence-electron chi connectivity index (χ4n) is 6.91. The molecule has 7 rings (SSSR count). The third kappa shape index (κ3) is 3.26. The van der Waals surface area contributed by atoms with Crippen LogP contribution < -0.4 is 0 Å². The number of amides is 1. The van der Waals surface area contributed by atoms with Crippen LogP contribution in [0.2, 0.25) is 0 Å².